The van der Waals surface area contributed by atoms with Gasteiger partial charge >= 0.3 is 0 Å². The van der Waals surface area contributed by atoms with E-state index in [4.69, 9.17) is 4.42 Å². The lowest BCUT2D eigenvalue weighted by molar-refractivity contribution is 0.0955. The molecule has 1 aromatic heterocycles. The van der Waals surface area contributed by atoms with Crippen LogP contribution in [-0.4, -0.2) is 20.5 Å². The number of aryl methyl sites for hydroxylation is 2. The molecule has 7 nitrogen and oxygen atoms in total. The maximum Gasteiger partial charge on any atom is 0.271 e. The number of carbonyl (C=O) groups excluding carboxylic acids is 1. The predicted molar refractivity (Wildman–Crippen MR) is 107 cm³/mol. The van der Waals surface area contributed by atoms with E-state index in [-0.39, 0.29) is 10.5 Å². The molecule has 0 unspecified atom stereocenters. The van der Waals surface area contributed by atoms with E-state index in [0.29, 0.717) is 11.4 Å². The van der Waals surface area contributed by atoms with Crippen LogP contribution in [0, 0.1) is 13.8 Å². The van der Waals surface area contributed by atoms with Gasteiger partial charge in [0.15, 0.2) is 0 Å². The molecule has 1 heterocycles. The van der Waals surface area contributed by atoms with Crippen LogP contribution in [0.3, 0.4) is 0 Å². The molecule has 0 radical (unpaired) electrons. The van der Waals surface area contributed by atoms with Crippen LogP contribution in [0.15, 0.2) is 75.3 Å². The summed E-state index contributed by atoms with van der Waals surface area (Å²) in [6.07, 6.45) is 2.83. The summed E-state index contributed by atoms with van der Waals surface area (Å²) < 4.78 is 33.0. The molecule has 28 heavy (non-hydrogen) atoms. The molecule has 2 aromatic carbocycles. The van der Waals surface area contributed by atoms with Crippen LogP contribution in [0.25, 0.3) is 0 Å². The first kappa shape index (κ1) is 19.4. The van der Waals surface area contributed by atoms with E-state index in [0.717, 1.165) is 11.1 Å². The Morgan fingerprint density at radius 2 is 1.89 bits per heavy atom. The number of rotatable bonds is 6. The summed E-state index contributed by atoms with van der Waals surface area (Å²) in [5, 5.41) is 3.79. The van der Waals surface area contributed by atoms with Crippen molar-refractivity contribution in [2.45, 2.75) is 18.7 Å². The van der Waals surface area contributed by atoms with E-state index in [1.807, 2.05) is 26.0 Å². The zero-order valence-electron chi connectivity index (χ0n) is 15.3. The quantitative estimate of drug-likeness (QED) is 0.491. The normalized spacial score (nSPS) is 11.5. The molecule has 0 atom stereocenters. The van der Waals surface area contributed by atoms with E-state index >= 15 is 0 Å². The molecule has 3 aromatic rings. The SMILES string of the molecule is Cc1ccc(NS(=O)(=O)c2cccc(C(=O)N/N=C/c3ccco3)c2)c(C)c1. The Balaban J connectivity index is 1.76. The lowest BCUT2D eigenvalue weighted by Crippen LogP contribution is -2.19. The summed E-state index contributed by atoms with van der Waals surface area (Å²) in [4.78, 5) is 12.2. The second-order valence-electron chi connectivity index (χ2n) is 6.17. The number of furan rings is 1. The number of amides is 1. The summed E-state index contributed by atoms with van der Waals surface area (Å²) in [6, 6.07) is 14.5. The predicted octanol–water partition coefficient (Wildman–Crippen LogP) is 3.46. The number of benzene rings is 2. The molecule has 0 saturated carbocycles. The monoisotopic (exact) mass is 397 g/mol. The van der Waals surface area contributed by atoms with Gasteiger partial charge in [0.1, 0.15) is 5.76 Å². The zero-order valence-corrected chi connectivity index (χ0v) is 16.2. The number of carbonyl (C=O) groups is 1. The summed E-state index contributed by atoms with van der Waals surface area (Å²) >= 11 is 0. The van der Waals surface area contributed by atoms with Crippen LogP contribution >= 0.6 is 0 Å². The van der Waals surface area contributed by atoms with Crippen molar-refractivity contribution in [2.75, 3.05) is 4.72 Å². The Kier molecular flexibility index (Phi) is 5.60. The van der Waals surface area contributed by atoms with E-state index < -0.39 is 15.9 Å². The average molecular weight is 397 g/mol. The molecule has 0 fully saturated rings. The van der Waals surface area contributed by atoms with Crippen LogP contribution in [0.2, 0.25) is 0 Å². The maximum absolute atomic E-state index is 12.7. The van der Waals surface area contributed by atoms with Gasteiger partial charge in [-0.05, 0) is 55.8 Å². The molecular formula is C20H19N3O4S. The molecular weight excluding hydrogens is 378 g/mol. The minimum absolute atomic E-state index is 0.0184. The zero-order chi connectivity index (χ0) is 20.1. The third kappa shape index (κ3) is 4.66. The van der Waals surface area contributed by atoms with Crippen molar-refractivity contribution in [3.05, 3.63) is 83.3 Å². The molecule has 3 rings (SSSR count). The topological polar surface area (TPSA) is 101 Å². The van der Waals surface area contributed by atoms with Crippen molar-refractivity contribution in [3.63, 3.8) is 0 Å². The second-order valence-corrected chi connectivity index (χ2v) is 7.85. The highest BCUT2D eigenvalue weighted by molar-refractivity contribution is 7.92. The first-order valence-corrected chi connectivity index (χ1v) is 9.90. The first-order valence-electron chi connectivity index (χ1n) is 8.42. The minimum Gasteiger partial charge on any atom is -0.463 e. The van der Waals surface area contributed by atoms with Gasteiger partial charge in [0.2, 0.25) is 0 Å². The van der Waals surface area contributed by atoms with Gasteiger partial charge in [-0.2, -0.15) is 5.10 Å². The first-order chi connectivity index (χ1) is 13.3. The van der Waals surface area contributed by atoms with Gasteiger partial charge in [-0.15, -0.1) is 0 Å². The molecule has 2 N–H and O–H groups in total. The molecule has 0 bridgehead atoms. The number of hydrogen-bond donors (Lipinski definition) is 2. The second kappa shape index (κ2) is 8.10. The van der Waals surface area contributed by atoms with Crippen molar-refractivity contribution in [1.29, 1.82) is 0 Å². The number of sulfonamides is 1. The minimum atomic E-state index is -3.84. The van der Waals surface area contributed by atoms with Crippen molar-refractivity contribution >= 4 is 27.8 Å². The number of anilines is 1. The third-order valence-electron chi connectivity index (χ3n) is 3.93. The lowest BCUT2D eigenvalue weighted by atomic mass is 10.1. The van der Waals surface area contributed by atoms with E-state index in [1.54, 1.807) is 18.2 Å². The highest BCUT2D eigenvalue weighted by Gasteiger charge is 2.17. The van der Waals surface area contributed by atoms with Crippen molar-refractivity contribution in [1.82, 2.24) is 5.43 Å². The Bertz CT molecular complexity index is 1120. The lowest BCUT2D eigenvalue weighted by Gasteiger charge is -2.12. The summed E-state index contributed by atoms with van der Waals surface area (Å²) in [5.41, 5.74) is 4.84. The largest absolute Gasteiger partial charge is 0.463 e. The number of hydrazone groups is 1. The Morgan fingerprint density at radius 1 is 1.07 bits per heavy atom. The smallest absolute Gasteiger partial charge is 0.271 e. The van der Waals surface area contributed by atoms with E-state index in [9.17, 15) is 13.2 Å². The molecule has 0 spiro atoms. The van der Waals surface area contributed by atoms with Crippen LogP contribution < -0.4 is 10.1 Å². The molecule has 1 amide bonds. The highest BCUT2D eigenvalue weighted by Crippen LogP contribution is 2.21. The van der Waals surface area contributed by atoms with Gasteiger partial charge in [0.05, 0.1) is 23.1 Å². The van der Waals surface area contributed by atoms with Gasteiger partial charge in [0.25, 0.3) is 15.9 Å². The van der Waals surface area contributed by atoms with Gasteiger partial charge in [-0.3, -0.25) is 9.52 Å². The van der Waals surface area contributed by atoms with Crippen LogP contribution in [0.1, 0.15) is 27.2 Å². The third-order valence-corrected chi connectivity index (χ3v) is 5.30. The van der Waals surface area contributed by atoms with E-state index in [2.05, 4.69) is 15.2 Å². The van der Waals surface area contributed by atoms with Gasteiger partial charge in [0, 0.05) is 5.56 Å². The maximum atomic E-state index is 12.7. The van der Waals surface area contributed by atoms with Gasteiger partial charge in [-0.1, -0.05) is 23.8 Å². The molecule has 0 aliphatic carbocycles. The number of nitrogens with zero attached hydrogens (tertiary/aromatic N) is 1. The summed E-state index contributed by atoms with van der Waals surface area (Å²) in [6.45, 7) is 3.76. The standard InChI is InChI=1S/C20H19N3O4S/c1-14-8-9-19(15(2)11-14)23-28(25,26)18-7-3-5-16(12-18)20(24)22-21-13-17-6-4-10-27-17/h3-13,23H,1-2H3,(H,22,24)/b21-13+. The highest BCUT2D eigenvalue weighted by atomic mass is 32.2. The van der Waals surface area contributed by atoms with Crippen LogP contribution in [0.5, 0.6) is 0 Å². The van der Waals surface area contributed by atoms with E-state index in [1.165, 1.54) is 36.7 Å². The molecule has 8 heteroatoms. The molecule has 0 aliphatic heterocycles. The average Bonchev–Trinajstić information content (AvgIpc) is 3.17. The Morgan fingerprint density at radius 3 is 2.61 bits per heavy atom. The number of nitrogens with one attached hydrogen (secondary N) is 2. The molecule has 144 valence electrons. The Hall–Kier alpha value is -3.39. The molecule has 0 saturated heterocycles. The van der Waals surface area contributed by atoms with Crippen LogP contribution in [-0.2, 0) is 10.0 Å². The number of hydrogen-bond acceptors (Lipinski definition) is 5. The summed E-state index contributed by atoms with van der Waals surface area (Å²) in [5.74, 6) is -0.0549. The van der Waals surface area contributed by atoms with Gasteiger partial charge in [-0.25, -0.2) is 13.8 Å². The summed E-state index contributed by atoms with van der Waals surface area (Å²) in [7, 11) is -3.84. The van der Waals surface area contributed by atoms with Crippen molar-refractivity contribution in [2.24, 2.45) is 5.10 Å². The van der Waals surface area contributed by atoms with Crippen LogP contribution in [0.4, 0.5) is 5.69 Å². The fourth-order valence-corrected chi connectivity index (χ4v) is 3.70. The van der Waals surface area contributed by atoms with Crippen molar-refractivity contribution in [3.8, 4) is 0 Å². The molecule has 0 aliphatic rings. The fraction of sp³-hybridized carbons (Fsp3) is 0.100. The fourth-order valence-electron chi connectivity index (χ4n) is 2.52. The Labute approximate surface area is 163 Å². The van der Waals surface area contributed by atoms with Crippen molar-refractivity contribution < 1.29 is 17.6 Å². The van der Waals surface area contributed by atoms with Gasteiger partial charge < -0.3 is 4.42 Å².